The topological polar surface area (TPSA) is 87.7 Å². The molecule has 0 saturated carbocycles. The number of para-hydroxylation sites is 1. The van der Waals surface area contributed by atoms with Gasteiger partial charge in [0, 0.05) is 18.5 Å². The van der Waals surface area contributed by atoms with Crippen molar-refractivity contribution in [3.8, 4) is 5.75 Å². The molecular weight excluding hydrogens is 413 g/mol. The van der Waals surface area contributed by atoms with Crippen LogP contribution in [0.4, 0.5) is 4.39 Å². The molecule has 170 valence electrons. The highest BCUT2D eigenvalue weighted by Gasteiger charge is 2.41. The zero-order valence-corrected chi connectivity index (χ0v) is 18.3. The van der Waals surface area contributed by atoms with Gasteiger partial charge >= 0.3 is 0 Å². The maximum absolute atomic E-state index is 13.9. The molecule has 32 heavy (non-hydrogen) atoms. The van der Waals surface area contributed by atoms with E-state index in [1.54, 1.807) is 18.1 Å². The first kappa shape index (κ1) is 23.2. The molecule has 0 spiro atoms. The van der Waals surface area contributed by atoms with Crippen molar-refractivity contribution in [2.75, 3.05) is 13.7 Å². The highest BCUT2D eigenvalue weighted by atomic mass is 19.1. The summed E-state index contributed by atoms with van der Waals surface area (Å²) in [5, 5.41) is 0. The SMILES string of the molecule is CCCCN1C(=O)CCC(C(=O)NNC(=O)c2ccccc2F)C1c1ccccc1OC. The van der Waals surface area contributed by atoms with Crippen LogP contribution in [0.5, 0.6) is 5.75 Å². The molecule has 2 atom stereocenters. The quantitative estimate of drug-likeness (QED) is 0.645. The van der Waals surface area contributed by atoms with E-state index in [0.29, 0.717) is 18.7 Å². The number of amides is 3. The number of nitrogens with zero attached hydrogens (tertiary/aromatic N) is 1. The Morgan fingerprint density at radius 3 is 2.56 bits per heavy atom. The third-order valence-electron chi connectivity index (χ3n) is 5.67. The van der Waals surface area contributed by atoms with E-state index in [1.807, 2.05) is 25.1 Å². The maximum atomic E-state index is 13.9. The minimum absolute atomic E-state index is 0.0196. The second kappa shape index (κ2) is 10.7. The Balaban J connectivity index is 1.84. The van der Waals surface area contributed by atoms with E-state index in [1.165, 1.54) is 24.3 Å². The number of hydrazine groups is 1. The maximum Gasteiger partial charge on any atom is 0.272 e. The van der Waals surface area contributed by atoms with Crippen molar-refractivity contribution >= 4 is 17.7 Å². The number of hydrogen-bond donors (Lipinski definition) is 2. The van der Waals surface area contributed by atoms with Crippen molar-refractivity contribution in [3.05, 3.63) is 65.5 Å². The van der Waals surface area contributed by atoms with Crippen LogP contribution in [-0.2, 0) is 9.59 Å². The van der Waals surface area contributed by atoms with Crippen LogP contribution in [0.3, 0.4) is 0 Å². The van der Waals surface area contributed by atoms with Gasteiger partial charge in [-0.25, -0.2) is 4.39 Å². The van der Waals surface area contributed by atoms with Gasteiger partial charge in [0.1, 0.15) is 11.6 Å². The molecular formula is C24H28FN3O4. The van der Waals surface area contributed by atoms with Crippen LogP contribution in [0.25, 0.3) is 0 Å². The van der Waals surface area contributed by atoms with Gasteiger partial charge < -0.3 is 9.64 Å². The molecule has 0 bridgehead atoms. The van der Waals surface area contributed by atoms with Crippen molar-refractivity contribution < 1.29 is 23.5 Å². The molecule has 2 unspecified atom stereocenters. The van der Waals surface area contributed by atoms with Crippen LogP contribution in [0.15, 0.2) is 48.5 Å². The monoisotopic (exact) mass is 441 g/mol. The molecule has 3 amide bonds. The molecule has 0 radical (unpaired) electrons. The average molecular weight is 442 g/mol. The average Bonchev–Trinajstić information content (AvgIpc) is 2.81. The van der Waals surface area contributed by atoms with Crippen LogP contribution in [-0.4, -0.2) is 36.3 Å². The molecule has 1 aliphatic heterocycles. The largest absolute Gasteiger partial charge is 0.496 e. The Bertz CT molecular complexity index is 981. The normalized spacial score (nSPS) is 18.2. The summed E-state index contributed by atoms with van der Waals surface area (Å²) in [7, 11) is 1.55. The van der Waals surface area contributed by atoms with E-state index in [0.717, 1.165) is 18.4 Å². The summed E-state index contributed by atoms with van der Waals surface area (Å²) >= 11 is 0. The van der Waals surface area contributed by atoms with E-state index in [2.05, 4.69) is 10.9 Å². The van der Waals surface area contributed by atoms with Crippen molar-refractivity contribution in [2.24, 2.45) is 5.92 Å². The lowest BCUT2D eigenvalue weighted by Crippen LogP contribution is -2.52. The number of piperidine rings is 1. The number of carbonyl (C=O) groups excluding carboxylic acids is 3. The summed E-state index contributed by atoms with van der Waals surface area (Å²) in [6, 6.07) is 12.3. The molecule has 7 nitrogen and oxygen atoms in total. The highest BCUT2D eigenvalue weighted by Crippen LogP contribution is 2.40. The third kappa shape index (κ3) is 5.07. The predicted octanol–water partition coefficient (Wildman–Crippen LogP) is 3.38. The molecule has 0 aromatic heterocycles. The molecule has 0 aliphatic carbocycles. The number of likely N-dealkylation sites (tertiary alicyclic amines) is 1. The second-order valence-electron chi connectivity index (χ2n) is 7.70. The van der Waals surface area contributed by atoms with Crippen molar-refractivity contribution in [3.63, 3.8) is 0 Å². The van der Waals surface area contributed by atoms with E-state index >= 15 is 0 Å². The summed E-state index contributed by atoms with van der Waals surface area (Å²) in [6.45, 7) is 2.55. The van der Waals surface area contributed by atoms with Gasteiger partial charge in [0.05, 0.1) is 24.6 Å². The number of benzene rings is 2. The Morgan fingerprint density at radius 1 is 1.12 bits per heavy atom. The van der Waals surface area contributed by atoms with Gasteiger partial charge in [-0.3, -0.25) is 25.2 Å². The first-order chi connectivity index (χ1) is 15.5. The first-order valence-corrected chi connectivity index (χ1v) is 10.7. The number of halogens is 1. The van der Waals surface area contributed by atoms with Gasteiger partial charge in [0.2, 0.25) is 11.8 Å². The van der Waals surface area contributed by atoms with E-state index in [9.17, 15) is 18.8 Å². The van der Waals surface area contributed by atoms with Crippen LogP contribution >= 0.6 is 0 Å². The molecule has 3 rings (SSSR count). The van der Waals surface area contributed by atoms with Crippen LogP contribution in [0.2, 0.25) is 0 Å². The Hall–Kier alpha value is -3.42. The number of unbranched alkanes of at least 4 members (excludes halogenated alkanes) is 1. The van der Waals surface area contributed by atoms with Crippen LogP contribution in [0.1, 0.15) is 54.6 Å². The van der Waals surface area contributed by atoms with E-state index in [-0.39, 0.29) is 17.9 Å². The lowest BCUT2D eigenvalue weighted by atomic mass is 9.83. The molecule has 2 aromatic carbocycles. The predicted molar refractivity (Wildman–Crippen MR) is 117 cm³/mol. The lowest BCUT2D eigenvalue weighted by molar-refractivity contribution is -0.143. The molecule has 1 fully saturated rings. The van der Waals surface area contributed by atoms with Crippen LogP contribution < -0.4 is 15.6 Å². The zero-order valence-electron chi connectivity index (χ0n) is 18.3. The zero-order chi connectivity index (χ0) is 23.1. The fraction of sp³-hybridized carbons (Fsp3) is 0.375. The Kier molecular flexibility index (Phi) is 7.81. The second-order valence-corrected chi connectivity index (χ2v) is 7.70. The molecule has 2 aromatic rings. The molecule has 8 heteroatoms. The van der Waals surface area contributed by atoms with Gasteiger partial charge in [-0.15, -0.1) is 0 Å². The smallest absolute Gasteiger partial charge is 0.272 e. The first-order valence-electron chi connectivity index (χ1n) is 10.7. The Morgan fingerprint density at radius 2 is 1.84 bits per heavy atom. The summed E-state index contributed by atoms with van der Waals surface area (Å²) in [5.74, 6) is -1.92. The van der Waals surface area contributed by atoms with E-state index < -0.39 is 29.6 Å². The Labute approximate surface area is 186 Å². The number of rotatable bonds is 7. The van der Waals surface area contributed by atoms with Crippen LogP contribution in [0, 0.1) is 11.7 Å². The summed E-state index contributed by atoms with van der Waals surface area (Å²) in [4.78, 5) is 40.0. The molecule has 1 aliphatic rings. The van der Waals surface area contributed by atoms with Crippen molar-refractivity contribution in [2.45, 2.75) is 38.6 Å². The number of methoxy groups -OCH3 is 1. The van der Waals surface area contributed by atoms with Crippen molar-refractivity contribution in [1.82, 2.24) is 15.8 Å². The molecule has 2 N–H and O–H groups in total. The molecule has 1 heterocycles. The third-order valence-corrected chi connectivity index (χ3v) is 5.67. The van der Waals surface area contributed by atoms with Gasteiger partial charge in [0.15, 0.2) is 0 Å². The fourth-order valence-electron chi connectivity index (χ4n) is 4.04. The lowest BCUT2D eigenvalue weighted by Gasteiger charge is -2.41. The van der Waals surface area contributed by atoms with E-state index in [4.69, 9.17) is 4.74 Å². The summed E-state index contributed by atoms with van der Waals surface area (Å²) < 4.78 is 19.4. The number of hydrogen-bond acceptors (Lipinski definition) is 4. The standard InChI is InChI=1S/C24H28FN3O4/c1-3-4-15-28-21(29)14-13-18(22(28)17-10-6-8-12-20(17)32-2)24(31)27-26-23(30)16-9-5-7-11-19(16)25/h5-12,18,22H,3-4,13-15H2,1-2H3,(H,26,30)(H,27,31). The highest BCUT2D eigenvalue weighted by molar-refractivity contribution is 5.96. The number of nitrogens with one attached hydrogen (secondary N) is 2. The minimum atomic E-state index is -0.750. The fourth-order valence-corrected chi connectivity index (χ4v) is 4.04. The molecule has 1 saturated heterocycles. The van der Waals surface area contributed by atoms with Gasteiger partial charge in [0.25, 0.3) is 5.91 Å². The van der Waals surface area contributed by atoms with Crippen molar-refractivity contribution in [1.29, 1.82) is 0 Å². The van der Waals surface area contributed by atoms with Gasteiger partial charge in [-0.2, -0.15) is 0 Å². The summed E-state index contributed by atoms with van der Waals surface area (Å²) in [6.07, 6.45) is 2.26. The minimum Gasteiger partial charge on any atom is -0.496 e. The van der Waals surface area contributed by atoms with Gasteiger partial charge in [-0.05, 0) is 31.0 Å². The number of ether oxygens (including phenoxy) is 1. The van der Waals surface area contributed by atoms with Gasteiger partial charge in [-0.1, -0.05) is 43.7 Å². The summed E-state index contributed by atoms with van der Waals surface area (Å²) in [5.41, 5.74) is 5.28. The number of carbonyl (C=O) groups is 3.